The Hall–Kier alpha value is -0.0800. The second-order valence-corrected chi connectivity index (χ2v) is 7.06. The molecule has 0 aromatic heterocycles. The lowest BCUT2D eigenvalue weighted by molar-refractivity contribution is -0.236. The van der Waals surface area contributed by atoms with E-state index in [2.05, 4.69) is 6.92 Å². The molecule has 0 unspecified atom stereocenters. The fourth-order valence-electron chi connectivity index (χ4n) is 5.19. The third kappa shape index (κ3) is 1.53. The second kappa shape index (κ2) is 3.71. The Balaban J connectivity index is 1.98. The van der Waals surface area contributed by atoms with Crippen LogP contribution in [0, 0.1) is 11.3 Å². The van der Waals surface area contributed by atoms with Gasteiger partial charge in [-0.2, -0.15) is 0 Å². The zero-order chi connectivity index (χ0) is 12.1. The summed E-state index contributed by atoms with van der Waals surface area (Å²) in [6.45, 7) is 2.26. The Kier molecular flexibility index (Phi) is 2.61. The molecule has 0 bridgehead atoms. The smallest absolute Gasteiger partial charge is 0.0705 e. The first-order chi connectivity index (χ1) is 8.00. The van der Waals surface area contributed by atoms with Crippen LogP contribution >= 0.6 is 0 Å². The van der Waals surface area contributed by atoms with Crippen LogP contribution in [-0.2, 0) is 0 Å². The van der Waals surface area contributed by atoms with Crippen LogP contribution in [0.1, 0.15) is 71.1 Å². The minimum atomic E-state index is -0.487. The lowest BCUT2D eigenvalue weighted by Crippen LogP contribution is -2.64. The number of fused-ring (bicyclic) bond motifs is 3. The van der Waals surface area contributed by atoms with Crippen molar-refractivity contribution < 1.29 is 10.2 Å². The Morgan fingerprint density at radius 2 is 1.53 bits per heavy atom. The quantitative estimate of drug-likeness (QED) is 0.681. The number of hydrogen-bond acceptors (Lipinski definition) is 2. The topological polar surface area (TPSA) is 40.5 Å². The van der Waals surface area contributed by atoms with Gasteiger partial charge in [0.15, 0.2) is 0 Å². The van der Waals surface area contributed by atoms with Gasteiger partial charge in [0.1, 0.15) is 0 Å². The van der Waals surface area contributed by atoms with E-state index in [0.29, 0.717) is 5.92 Å². The third-order valence-corrected chi connectivity index (χ3v) is 6.34. The molecule has 0 radical (unpaired) electrons. The summed E-state index contributed by atoms with van der Waals surface area (Å²) in [4.78, 5) is 0. The summed E-state index contributed by atoms with van der Waals surface area (Å²) < 4.78 is 0. The summed E-state index contributed by atoms with van der Waals surface area (Å²) in [6, 6.07) is 0. The van der Waals surface area contributed by atoms with E-state index < -0.39 is 11.2 Å². The first-order valence-corrected chi connectivity index (χ1v) is 7.45. The van der Waals surface area contributed by atoms with Crippen molar-refractivity contribution in [1.29, 1.82) is 0 Å². The van der Waals surface area contributed by atoms with Crippen LogP contribution in [0.25, 0.3) is 0 Å². The minimum Gasteiger partial charge on any atom is -0.390 e. The van der Waals surface area contributed by atoms with E-state index in [0.717, 1.165) is 44.9 Å². The van der Waals surface area contributed by atoms with Gasteiger partial charge >= 0.3 is 0 Å². The van der Waals surface area contributed by atoms with E-state index in [1.54, 1.807) is 0 Å². The van der Waals surface area contributed by atoms with E-state index in [-0.39, 0.29) is 5.41 Å². The summed E-state index contributed by atoms with van der Waals surface area (Å²) in [7, 11) is 0. The maximum atomic E-state index is 11.0. The SMILES string of the molecule is C[C@@]12CCCC[C@]1(O)CC[C@]1(O)CCCC[C@H]12. The van der Waals surface area contributed by atoms with Gasteiger partial charge in [0, 0.05) is 5.41 Å². The van der Waals surface area contributed by atoms with Gasteiger partial charge in [-0.15, -0.1) is 0 Å². The highest BCUT2D eigenvalue weighted by Gasteiger charge is 2.62. The van der Waals surface area contributed by atoms with Gasteiger partial charge in [0.05, 0.1) is 11.2 Å². The van der Waals surface area contributed by atoms with Crippen molar-refractivity contribution in [3.05, 3.63) is 0 Å². The molecule has 4 atom stereocenters. The van der Waals surface area contributed by atoms with Crippen molar-refractivity contribution in [2.24, 2.45) is 11.3 Å². The Morgan fingerprint density at radius 1 is 0.824 bits per heavy atom. The Labute approximate surface area is 104 Å². The molecule has 0 aliphatic heterocycles. The molecule has 0 aromatic rings. The van der Waals surface area contributed by atoms with Crippen LogP contribution in [0.5, 0.6) is 0 Å². The lowest BCUT2D eigenvalue weighted by atomic mass is 9.46. The molecule has 3 saturated carbocycles. The van der Waals surface area contributed by atoms with Crippen LogP contribution in [0.15, 0.2) is 0 Å². The molecule has 0 amide bonds. The van der Waals surface area contributed by atoms with Crippen LogP contribution in [-0.4, -0.2) is 21.4 Å². The zero-order valence-electron chi connectivity index (χ0n) is 11.0. The zero-order valence-corrected chi connectivity index (χ0v) is 11.0. The van der Waals surface area contributed by atoms with Gasteiger partial charge in [0.25, 0.3) is 0 Å². The van der Waals surface area contributed by atoms with E-state index >= 15 is 0 Å². The van der Waals surface area contributed by atoms with Gasteiger partial charge in [-0.25, -0.2) is 0 Å². The van der Waals surface area contributed by atoms with E-state index in [1.807, 2.05) is 0 Å². The van der Waals surface area contributed by atoms with Crippen molar-refractivity contribution in [2.45, 2.75) is 82.3 Å². The van der Waals surface area contributed by atoms with E-state index in [1.165, 1.54) is 19.3 Å². The van der Waals surface area contributed by atoms with Crippen molar-refractivity contribution in [3.8, 4) is 0 Å². The first kappa shape index (κ1) is 12.0. The van der Waals surface area contributed by atoms with Crippen LogP contribution in [0.4, 0.5) is 0 Å². The Bertz CT molecular complexity index is 316. The molecule has 3 aliphatic rings. The molecular formula is C15H26O2. The fraction of sp³-hybridized carbons (Fsp3) is 1.00. The summed E-state index contributed by atoms with van der Waals surface area (Å²) in [5.41, 5.74) is -0.977. The normalized spacial score (nSPS) is 54.9. The van der Waals surface area contributed by atoms with Crippen molar-refractivity contribution >= 4 is 0 Å². The van der Waals surface area contributed by atoms with E-state index in [4.69, 9.17) is 0 Å². The maximum absolute atomic E-state index is 11.0. The summed E-state index contributed by atoms with van der Waals surface area (Å²) in [6.07, 6.45) is 10.6. The molecule has 98 valence electrons. The summed E-state index contributed by atoms with van der Waals surface area (Å²) >= 11 is 0. The number of hydrogen-bond donors (Lipinski definition) is 2. The predicted molar refractivity (Wildman–Crippen MR) is 67.7 cm³/mol. The standard InChI is InChI=1S/C15H26O2/c1-13-7-4-5-9-15(13,17)11-10-14(16)8-3-2-6-12(13)14/h12,16-17H,2-11H2,1H3/t12-,13-,14+,15-/m0/s1. The van der Waals surface area contributed by atoms with Crippen molar-refractivity contribution in [2.75, 3.05) is 0 Å². The second-order valence-electron chi connectivity index (χ2n) is 7.06. The molecule has 2 N–H and O–H groups in total. The highest BCUT2D eigenvalue weighted by atomic mass is 16.3. The molecule has 0 aromatic carbocycles. The highest BCUT2D eigenvalue weighted by Crippen LogP contribution is 2.62. The fourth-order valence-corrected chi connectivity index (χ4v) is 5.19. The van der Waals surface area contributed by atoms with Crippen molar-refractivity contribution in [3.63, 3.8) is 0 Å². The molecule has 3 fully saturated rings. The van der Waals surface area contributed by atoms with Gasteiger partial charge in [-0.05, 0) is 44.4 Å². The molecule has 0 heterocycles. The van der Waals surface area contributed by atoms with Gasteiger partial charge < -0.3 is 10.2 Å². The number of rotatable bonds is 0. The highest BCUT2D eigenvalue weighted by molar-refractivity contribution is 5.12. The largest absolute Gasteiger partial charge is 0.390 e. The van der Waals surface area contributed by atoms with Crippen LogP contribution in [0.2, 0.25) is 0 Å². The molecule has 3 aliphatic carbocycles. The van der Waals surface area contributed by atoms with Crippen molar-refractivity contribution in [1.82, 2.24) is 0 Å². The number of aliphatic hydroxyl groups is 2. The van der Waals surface area contributed by atoms with E-state index in [9.17, 15) is 10.2 Å². The molecule has 2 nitrogen and oxygen atoms in total. The van der Waals surface area contributed by atoms with Gasteiger partial charge in [-0.1, -0.05) is 32.6 Å². The van der Waals surface area contributed by atoms with Gasteiger partial charge in [-0.3, -0.25) is 0 Å². The molecule has 2 heteroatoms. The minimum absolute atomic E-state index is 0.0291. The molecule has 3 rings (SSSR count). The van der Waals surface area contributed by atoms with Crippen LogP contribution in [0.3, 0.4) is 0 Å². The average molecular weight is 238 g/mol. The van der Waals surface area contributed by atoms with Gasteiger partial charge in [0.2, 0.25) is 0 Å². The third-order valence-electron chi connectivity index (χ3n) is 6.34. The first-order valence-electron chi connectivity index (χ1n) is 7.45. The molecule has 0 saturated heterocycles. The lowest BCUT2D eigenvalue weighted by Gasteiger charge is -2.62. The van der Waals surface area contributed by atoms with Crippen LogP contribution < -0.4 is 0 Å². The monoisotopic (exact) mass is 238 g/mol. The summed E-state index contributed by atoms with van der Waals surface area (Å²) in [5.74, 6) is 0.336. The predicted octanol–water partition coefficient (Wildman–Crippen LogP) is 3.01. The molecule has 17 heavy (non-hydrogen) atoms. The molecule has 0 spiro atoms. The maximum Gasteiger partial charge on any atom is 0.0705 e. The summed E-state index contributed by atoms with van der Waals surface area (Å²) in [5, 5.41) is 21.9. The molecular weight excluding hydrogens is 212 g/mol. The average Bonchev–Trinajstić information content (AvgIpc) is 2.31. The Morgan fingerprint density at radius 3 is 2.35 bits per heavy atom.